The van der Waals surface area contributed by atoms with Gasteiger partial charge in [0.05, 0.1) is 0 Å². The van der Waals surface area contributed by atoms with Crippen molar-refractivity contribution < 1.29 is 13.2 Å². The zero-order valence-corrected chi connectivity index (χ0v) is 12.5. The number of hydrogen-bond donors (Lipinski definition) is 1. The highest BCUT2D eigenvalue weighted by atomic mass is 32.2. The lowest BCUT2D eigenvalue weighted by Gasteiger charge is -2.19. The SMILES string of the molecule is CC1CCC(NCc2ccc(SC(F)(F)F)cc2)C1C. The van der Waals surface area contributed by atoms with Crippen LogP contribution < -0.4 is 5.32 Å². The average molecular weight is 303 g/mol. The van der Waals surface area contributed by atoms with Crippen LogP contribution in [0.15, 0.2) is 29.2 Å². The Kier molecular flexibility index (Phi) is 5.02. The molecule has 5 heteroatoms. The number of rotatable bonds is 4. The maximum atomic E-state index is 12.2. The predicted octanol–water partition coefficient (Wildman–Crippen LogP) is 4.82. The second kappa shape index (κ2) is 6.39. The Morgan fingerprint density at radius 2 is 1.80 bits per heavy atom. The largest absolute Gasteiger partial charge is 0.446 e. The van der Waals surface area contributed by atoms with Crippen molar-refractivity contribution in [2.24, 2.45) is 11.8 Å². The van der Waals surface area contributed by atoms with E-state index in [-0.39, 0.29) is 16.7 Å². The van der Waals surface area contributed by atoms with E-state index in [2.05, 4.69) is 19.2 Å². The van der Waals surface area contributed by atoms with Crippen molar-refractivity contribution in [3.05, 3.63) is 29.8 Å². The third-order valence-corrected chi connectivity index (χ3v) is 4.93. The third-order valence-electron chi connectivity index (χ3n) is 4.19. The third kappa shape index (κ3) is 4.42. The summed E-state index contributed by atoms with van der Waals surface area (Å²) in [6, 6.07) is 7.13. The van der Waals surface area contributed by atoms with Crippen molar-refractivity contribution in [2.75, 3.05) is 0 Å². The molecule has 1 fully saturated rings. The van der Waals surface area contributed by atoms with Crippen LogP contribution in [-0.2, 0) is 6.54 Å². The van der Waals surface area contributed by atoms with Crippen molar-refractivity contribution in [3.8, 4) is 0 Å². The van der Waals surface area contributed by atoms with Crippen LogP contribution in [-0.4, -0.2) is 11.6 Å². The normalized spacial score (nSPS) is 26.9. The summed E-state index contributed by atoms with van der Waals surface area (Å²) in [6.07, 6.45) is 2.43. The van der Waals surface area contributed by atoms with Crippen molar-refractivity contribution in [1.82, 2.24) is 5.32 Å². The zero-order chi connectivity index (χ0) is 14.8. The number of thioether (sulfide) groups is 1. The maximum absolute atomic E-state index is 12.2. The van der Waals surface area contributed by atoms with Gasteiger partial charge >= 0.3 is 5.51 Å². The first-order chi connectivity index (χ1) is 9.35. The molecule has 1 nitrogen and oxygen atoms in total. The molecular weight excluding hydrogens is 283 g/mol. The Bertz CT molecular complexity index is 430. The first-order valence-electron chi connectivity index (χ1n) is 6.93. The quantitative estimate of drug-likeness (QED) is 0.800. The van der Waals surface area contributed by atoms with Gasteiger partial charge in [0.2, 0.25) is 0 Å². The molecule has 0 radical (unpaired) electrons. The molecule has 1 aromatic carbocycles. The Morgan fingerprint density at radius 3 is 2.30 bits per heavy atom. The van der Waals surface area contributed by atoms with E-state index in [0.29, 0.717) is 12.0 Å². The van der Waals surface area contributed by atoms with Crippen LogP contribution >= 0.6 is 11.8 Å². The molecule has 2 rings (SSSR count). The van der Waals surface area contributed by atoms with E-state index < -0.39 is 5.51 Å². The van der Waals surface area contributed by atoms with Crippen molar-refractivity contribution in [2.45, 2.75) is 49.7 Å². The summed E-state index contributed by atoms with van der Waals surface area (Å²) in [5.41, 5.74) is -3.18. The van der Waals surface area contributed by atoms with E-state index in [1.807, 2.05) is 0 Å². The molecule has 1 aromatic rings. The Morgan fingerprint density at radius 1 is 1.15 bits per heavy atom. The fourth-order valence-electron chi connectivity index (χ4n) is 2.71. The zero-order valence-electron chi connectivity index (χ0n) is 11.7. The van der Waals surface area contributed by atoms with Gasteiger partial charge in [-0.3, -0.25) is 0 Å². The van der Waals surface area contributed by atoms with E-state index in [1.165, 1.54) is 25.0 Å². The standard InChI is InChI=1S/C15H20F3NS/c1-10-3-8-14(11(10)2)19-9-12-4-6-13(7-5-12)20-15(16,17)18/h4-7,10-11,14,19H,3,8-9H2,1-2H3. The summed E-state index contributed by atoms with van der Waals surface area (Å²) in [7, 11) is 0. The van der Waals surface area contributed by atoms with Gasteiger partial charge in [-0.25, -0.2) is 0 Å². The van der Waals surface area contributed by atoms with E-state index in [4.69, 9.17) is 0 Å². The van der Waals surface area contributed by atoms with E-state index in [9.17, 15) is 13.2 Å². The molecule has 1 N–H and O–H groups in total. The van der Waals surface area contributed by atoms with Crippen LogP contribution in [0.25, 0.3) is 0 Å². The molecule has 0 aromatic heterocycles. The summed E-state index contributed by atoms with van der Waals surface area (Å²) in [5.74, 6) is 1.41. The van der Waals surface area contributed by atoms with Crippen molar-refractivity contribution in [3.63, 3.8) is 0 Å². The molecule has 0 aliphatic heterocycles. The van der Waals surface area contributed by atoms with Crippen LogP contribution in [0.5, 0.6) is 0 Å². The number of hydrogen-bond acceptors (Lipinski definition) is 2. The molecule has 112 valence electrons. The summed E-state index contributed by atoms with van der Waals surface area (Å²) in [6.45, 7) is 5.26. The second-order valence-electron chi connectivity index (χ2n) is 5.59. The average Bonchev–Trinajstić information content (AvgIpc) is 2.68. The highest BCUT2D eigenvalue weighted by Gasteiger charge is 2.30. The summed E-state index contributed by atoms with van der Waals surface area (Å²) in [5, 5.41) is 3.52. The lowest BCUT2D eigenvalue weighted by atomic mass is 9.98. The van der Waals surface area contributed by atoms with Crippen LogP contribution in [0.3, 0.4) is 0 Å². The Hall–Kier alpha value is -0.680. The Balaban J connectivity index is 1.85. The fourth-order valence-corrected chi connectivity index (χ4v) is 3.25. The van der Waals surface area contributed by atoms with E-state index in [1.54, 1.807) is 12.1 Å². The smallest absolute Gasteiger partial charge is 0.310 e. The highest BCUT2D eigenvalue weighted by Crippen LogP contribution is 2.36. The monoisotopic (exact) mass is 303 g/mol. The highest BCUT2D eigenvalue weighted by molar-refractivity contribution is 8.00. The molecule has 0 spiro atoms. The van der Waals surface area contributed by atoms with Gasteiger partial charge in [-0.05, 0) is 54.1 Å². The molecule has 20 heavy (non-hydrogen) atoms. The topological polar surface area (TPSA) is 12.0 Å². The lowest BCUT2D eigenvalue weighted by molar-refractivity contribution is -0.0328. The first kappa shape index (κ1) is 15.7. The summed E-state index contributed by atoms with van der Waals surface area (Å²) >= 11 is -0.0669. The number of benzene rings is 1. The van der Waals surface area contributed by atoms with Crippen LogP contribution in [0.4, 0.5) is 13.2 Å². The van der Waals surface area contributed by atoms with Gasteiger partial charge in [0, 0.05) is 17.5 Å². The van der Waals surface area contributed by atoms with E-state index >= 15 is 0 Å². The number of halogens is 3. The molecule has 1 aliphatic carbocycles. The minimum Gasteiger partial charge on any atom is -0.310 e. The lowest BCUT2D eigenvalue weighted by Crippen LogP contribution is -2.31. The maximum Gasteiger partial charge on any atom is 0.446 e. The van der Waals surface area contributed by atoms with Gasteiger partial charge in [0.1, 0.15) is 0 Å². The minimum atomic E-state index is -4.21. The van der Waals surface area contributed by atoms with Gasteiger partial charge in [0.25, 0.3) is 0 Å². The van der Waals surface area contributed by atoms with Gasteiger partial charge in [0.15, 0.2) is 0 Å². The molecule has 0 amide bonds. The molecule has 0 heterocycles. The Labute approximate surface area is 122 Å². The minimum absolute atomic E-state index is 0.0669. The fraction of sp³-hybridized carbons (Fsp3) is 0.600. The van der Waals surface area contributed by atoms with Crippen molar-refractivity contribution in [1.29, 1.82) is 0 Å². The summed E-state index contributed by atoms with van der Waals surface area (Å²) < 4.78 is 36.7. The van der Waals surface area contributed by atoms with Gasteiger partial charge in [-0.2, -0.15) is 13.2 Å². The molecule has 0 saturated heterocycles. The second-order valence-corrected chi connectivity index (χ2v) is 6.73. The predicted molar refractivity (Wildman–Crippen MR) is 76.5 cm³/mol. The number of alkyl halides is 3. The van der Waals surface area contributed by atoms with Gasteiger partial charge in [-0.15, -0.1) is 0 Å². The first-order valence-corrected chi connectivity index (χ1v) is 7.75. The molecule has 3 atom stereocenters. The molecular formula is C15H20F3NS. The van der Waals surface area contributed by atoms with Gasteiger partial charge < -0.3 is 5.32 Å². The van der Waals surface area contributed by atoms with Gasteiger partial charge in [-0.1, -0.05) is 26.0 Å². The molecule has 3 unspecified atom stereocenters. The van der Waals surface area contributed by atoms with E-state index in [0.717, 1.165) is 18.0 Å². The van der Waals surface area contributed by atoms with Crippen LogP contribution in [0, 0.1) is 11.8 Å². The number of nitrogens with one attached hydrogen (secondary N) is 1. The van der Waals surface area contributed by atoms with Crippen LogP contribution in [0.2, 0.25) is 0 Å². The molecule has 1 aliphatic rings. The van der Waals surface area contributed by atoms with Crippen LogP contribution in [0.1, 0.15) is 32.3 Å². The molecule has 1 saturated carbocycles. The van der Waals surface area contributed by atoms with Crippen molar-refractivity contribution >= 4 is 11.8 Å². The molecule has 0 bridgehead atoms. The summed E-state index contributed by atoms with van der Waals surface area (Å²) in [4.78, 5) is 0.240.